The molecule has 0 saturated carbocycles. The molecule has 1 fully saturated rings. The van der Waals surface area contributed by atoms with Crippen LogP contribution in [0.3, 0.4) is 0 Å². The van der Waals surface area contributed by atoms with Crippen LogP contribution in [0.2, 0.25) is 4.34 Å². The quantitative estimate of drug-likeness (QED) is 0.830. The van der Waals surface area contributed by atoms with Gasteiger partial charge in [0.05, 0.1) is 15.8 Å². The first-order valence-electron chi connectivity index (χ1n) is 7.52. The molecular formula is C15H22ClN3O2S. The number of carbonyl (C=O) groups is 2. The van der Waals surface area contributed by atoms with Crippen LogP contribution < -0.4 is 10.6 Å². The second-order valence-corrected chi connectivity index (χ2v) is 7.31. The fourth-order valence-electron chi connectivity index (χ4n) is 2.87. The van der Waals surface area contributed by atoms with Crippen LogP contribution in [0, 0.1) is 5.92 Å². The number of nitrogens with one attached hydrogen (secondary N) is 2. The predicted molar refractivity (Wildman–Crippen MR) is 89.5 cm³/mol. The van der Waals surface area contributed by atoms with Gasteiger partial charge >= 0.3 is 0 Å². The first kappa shape index (κ1) is 17.2. The highest BCUT2D eigenvalue weighted by Crippen LogP contribution is 2.24. The van der Waals surface area contributed by atoms with Gasteiger partial charge in [0.2, 0.25) is 5.91 Å². The Labute approximate surface area is 140 Å². The van der Waals surface area contributed by atoms with Crippen LogP contribution in [0.5, 0.6) is 0 Å². The van der Waals surface area contributed by atoms with Crippen molar-refractivity contribution >= 4 is 34.8 Å². The summed E-state index contributed by atoms with van der Waals surface area (Å²) in [6.07, 6.45) is 2.11. The Bertz CT molecular complexity index is 535. The van der Waals surface area contributed by atoms with Gasteiger partial charge in [-0.1, -0.05) is 24.9 Å². The van der Waals surface area contributed by atoms with Crippen LogP contribution in [0.4, 0.5) is 0 Å². The Morgan fingerprint density at radius 2 is 2.18 bits per heavy atom. The molecule has 0 bridgehead atoms. The summed E-state index contributed by atoms with van der Waals surface area (Å²) >= 11 is 7.17. The minimum Gasteiger partial charge on any atom is -0.358 e. The van der Waals surface area contributed by atoms with Gasteiger partial charge in [-0.3, -0.25) is 14.5 Å². The van der Waals surface area contributed by atoms with Gasteiger partial charge < -0.3 is 10.6 Å². The van der Waals surface area contributed by atoms with E-state index in [1.165, 1.54) is 11.3 Å². The summed E-state index contributed by atoms with van der Waals surface area (Å²) in [6.45, 7) is 4.08. The van der Waals surface area contributed by atoms with E-state index in [1.807, 2.05) is 0 Å². The molecule has 1 saturated heterocycles. The summed E-state index contributed by atoms with van der Waals surface area (Å²) in [4.78, 5) is 26.6. The molecule has 0 aliphatic carbocycles. The molecule has 22 heavy (non-hydrogen) atoms. The maximum absolute atomic E-state index is 12.3. The topological polar surface area (TPSA) is 61.4 Å². The van der Waals surface area contributed by atoms with Crippen LogP contribution in [0.25, 0.3) is 0 Å². The zero-order chi connectivity index (χ0) is 16.1. The third-order valence-electron chi connectivity index (χ3n) is 3.94. The molecule has 2 N–H and O–H groups in total. The lowest BCUT2D eigenvalue weighted by Gasteiger charge is -2.18. The first-order valence-corrected chi connectivity index (χ1v) is 8.72. The Balaban J connectivity index is 1.97. The van der Waals surface area contributed by atoms with Crippen molar-refractivity contribution in [2.45, 2.75) is 25.8 Å². The highest BCUT2D eigenvalue weighted by atomic mass is 35.5. The number of likely N-dealkylation sites (N-methyl/N-ethyl adjacent to an activating group) is 1. The van der Waals surface area contributed by atoms with E-state index in [0.717, 1.165) is 19.4 Å². The minimum absolute atomic E-state index is 0.00673. The number of thiophene rings is 1. The number of hydrogen-bond donors (Lipinski definition) is 2. The second kappa shape index (κ2) is 7.94. The Kier molecular flexibility index (Phi) is 6.23. The maximum atomic E-state index is 12.3. The summed E-state index contributed by atoms with van der Waals surface area (Å²) in [5, 5.41) is 5.75. The molecule has 0 radical (unpaired) electrons. The standard InChI is InChI=1S/C15H22ClN3O2S/c1-3-4-10-7-19(9-14(20)17-2)8-11(10)18-15(21)12-5-6-13(16)22-12/h5-6,10-11H,3-4,7-9H2,1-2H3,(H,17,20)(H,18,21)/t10-,11-/m1/s1. The van der Waals surface area contributed by atoms with E-state index in [4.69, 9.17) is 11.6 Å². The van der Waals surface area contributed by atoms with Crippen molar-refractivity contribution in [3.05, 3.63) is 21.3 Å². The fourth-order valence-corrected chi connectivity index (χ4v) is 3.82. The molecule has 5 nitrogen and oxygen atoms in total. The van der Waals surface area contributed by atoms with Gasteiger partial charge in [0.25, 0.3) is 5.91 Å². The normalized spacial score (nSPS) is 21.8. The van der Waals surface area contributed by atoms with E-state index < -0.39 is 0 Å². The van der Waals surface area contributed by atoms with Gasteiger partial charge in [-0.05, 0) is 24.5 Å². The van der Waals surface area contributed by atoms with Crippen molar-refractivity contribution in [2.24, 2.45) is 5.92 Å². The van der Waals surface area contributed by atoms with E-state index in [1.54, 1.807) is 19.2 Å². The predicted octanol–water partition coefficient (Wildman–Crippen LogP) is 1.98. The zero-order valence-corrected chi connectivity index (χ0v) is 14.5. The third-order valence-corrected chi connectivity index (χ3v) is 5.17. The van der Waals surface area contributed by atoms with Crippen molar-refractivity contribution in [3.8, 4) is 0 Å². The Morgan fingerprint density at radius 1 is 1.41 bits per heavy atom. The third kappa shape index (κ3) is 4.44. The smallest absolute Gasteiger partial charge is 0.261 e. The van der Waals surface area contributed by atoms with Gasteiger partial charge in [0, 0.05) is 26.2 Å². The average molecular weight is 344 g/mol. The molecule has 1 aromatic rings. The fraction of sp³-hybridized carbons (Fsp3) is 0.600. The molecule has 0 spiro atoms. The van der Waals surface area contributed by atoms with E-state index in [-0.39, 0.29) is 17.9 Å². The van der Waals surface area contributed by atoms with Gasteiger partial charge in [-0.2, -0.15) is 0 Å². The summed E-state index contributed by atoms with van der Waals surface area (Å²) in [5.41, 5.74) is 0. The monoisotopic (exact) mass is 343 g/mol. The molecule has 1 aliphatic heterocycles. The number of halogens is 1. The minimum atomic E-state index is -0.0789. The summed E-state index contributed by atoms with van der Waals surface area (Å²) in [7, 11) is 1.64. The molecule has 0 aromatic carbocycles. The lowest BCUT2D eigenvalue weighted by Crippen LogP contribution is -2.41. The molecule has 1 aliphatic rings. The lowest BCUT2D eigenvalue weighted by molar-refractivity contribution is -0.121. The number of hydrogen-bond acceptors (Lipinski definition) is 4. The molecule has 122 valence electrons. The largest absolute Gasteiger partial charge is 0.358 e. The lowest BCUT2D eigenvalue weighted by atomic mass is 9.98. The van der Waals surface area contributed by atoms with Crippen LogP contribution in [0.1, 0.15) is 29.4 Å². The van der Waals surface area contributed by atoms with E-state index in [2.05, 4.69) is 22.5 Å². The van der Waals surface area contributed by atoms with Crippen molar-refractivity contribution in [2.75, 3.05) is 26.7 Å². The maximum Gasteiger partial charge on any atom is 0.261 e. The summed E-state index contributed by atoms with van der Waals surface area (Å²) < 4.78 is 0.614. The van der Waals surface area contributed by atoms with Crippen molar-refractivity contribution in [1.29, 1.82) is 0 Å². The zero-order valence-electron chi connectivity index (χ0n) is 12.9. The molecule has 2 heterocycles. The van der Waals surface area contributed by atoms with Crippen LogP contribution >= 0.6 is 22.9 Å². The molecule has 2 amide bonds. The van der Waals surface area contributed by atoms with Gasteiger partial charge in [0.1, 0.15) is 0 Å². The number of carbonyl (C=O) groups excluding carboxylic acids is 2. The van der Waals surface area contributed by atoms with E-state index in [9.17, 15) is 9.59 Å². The molecule has 1 aromatic heterocycles. The van der Waals surface area contributed by atoms with Crippen LogP contribution in [-0.2, 0) is 4.79 Å². The highest BCUT2D eigenvalue weighted by molar-refractivity contribution is 7.17. The number of amides is 2. The van der Waals surface area contributed by atoms with Crippen molar-refractivity contribution < 1.29 is 9.59 Å². The van der Waals surface area contributed by atoms with Crippen LogP contribution in [0.15, 0.2) is 12.1 Å². The summed E-state index contributed by atoms with van der Waals surface area (Å²) in [5.74, 6) is 0.311. The number of rotatable bonds is 6. The van der Waals surface area contributed by atoms with E-state index >= 15 is 0 Å². The molecule has 2 atom stereocenters. The highest BCUT2D eigenvalue weighted by Gasteiger charge is 2.34. The number of nitrogens with zero attached hydrogens (tertiary/aromatic N) is 1. The molecule has 0 unspecified atom stereocenters. The van der Waals surface area contributed by atoms with Crippen molar-refractivity contribution in [3.63, 3.8) is 0 Å². The second-order valence-electron chi connectivity index (χ2n) is 5.60. The molecule has 2 rings (SSSR count). The van der Waals surface area contributed by atoms with E-state index in [0.29, 0.717) is 28.2 Å². The molecular weight excluding hydrogens is 322 g/mol. The Hall–Kier alpha value is -1.11. The molecule has 7 heteroatoms. The van der Waals surface area contributed by atoms with Crippen LogP contribution in [-0.4, -0.2) is 49.4 Å². The van der Waals surface area contributed by atoms with Crippen molar-refractivity contribution in [1.82, 2.24) is 15.5 Å². The average Bonchev–Trinajstić information content (AvgIpc) is 3.06. The van der Waals surface area contributed by atoms with Gasteiger partial charge in [-0.15, -0.1) is 11.3 Å². The summed E-state index contributed by atoms with van der Waals surface area (Å²) in [6, 6.07) is 3.56. The first-order chi connectivity index (χ1) is 10.5. The Morgan fingerprint density at radius 3 is 2.77 bits per heavy atom. The van der Waals surface area contributed by atoms with Gasteiger partial charge in [-0.25, -0.2) is 0 Å². The number of likely N-dealkylation sites (tertiary alicyclic amines) is 1. The van der Waals surface area contributed by atoms with Gasteiger partial charge in [0.15, 0.2) is 0 Å². The SMILES string of the molecule is CCC[C@@H]1CN(CC(=O)NC)C[C@H]1NC(=O)c1ccc(Cl)s1.